The standard InChI is InChI=1S/C34H38N8O3/c1-6-29(43)35-26-14-10-13-23(19-26)32(44)37-25-17-15-24(16-18-25)36-31-27-20-42(34(2,3)30(27)39-40-31)33(45)38-28(21-41(4)5)22-11-8-7-9-12-22/h6-19,28H,1,20-21H2,2-5H3,(H,35,43)(H,37,44)(H,38,45)(H2,36,39,40). The van der Waals surface area contributed by atoms with E-state index in [-0.39, 0.29) is 23.9 Å². The van der Waals surface area contributed by atoms with Gasteiger partial charge in [0.15, 0.2) is 5.82 Å². The van der Waals surface area contributed by atoms with Gasteiger partial charge in [-0.1, -0.05) is 43.0 Å². The highest BCUT2D eigenvalue weighted by atomic mass is 16.2. The number of aromatic amines is 1. The van der Waals surface area contributed by atoms with Crippen LogP contribution < -0.4 is 21.3 Å². The van der Waals surface area contributed by atoms with Gasteiger partial charge in [-0.05, 0) is 82.0 Å². The Balaban J connectivity index is 1.24. The van der Waals surface area contributed by atoms with Crippen LogP contribution in [0.5, 0.6) is 0 Å². The quantitative estimate of drug-likeness (QED) is 0.149. The number of likely N-dealkylation sites (N-methyl/N-ethyl adjacent to an activating group) is 1. The van der Waals surface area contributed by atoms with Gasteiger partial charge in [-0.25, -0.2) is 4.79 Å². The first-order valence-corrected chi connectivity index (χ1v) is 14.6. The van der Waals surface area contributed by atoms with Gasteiger partial charge in [0.05, 0.1) is 23.8 Å². The Labute approximate surface area is 262 Å². The molecule has 4 amide bonds. The van der Waals surface area contributed by atoms with E-state index in [4.69, 9.17) is 0 Å². The van der Waals surface area contributed by atoms with Gasteiger partial charge >= 0.3 is 6.03 Å². The van der Waals surface area contributed by atoms with Gasteiger partial charge in [-0.2, -0.15) is 5.10 Å². The van der Waals surface area contributed by atoms with E-state index in [0.717, 1.165) is 22.5 Å². The van der Waals surface area contributed by atoms with Crippen LogP contribution in [-0.2, 0) is 16.9 Å². The summed E-state index contributed by atoms with van der Waals surface area (Å²) < 4.78 is 0. The predicted octanol–water partition coefficient (Wildman–Crippen LogP) is 5.59. The summed E-state index contributed by atoms with van der Waals surface area (Å²) in [6.07, 6.45) is 1.17. The summed E-state index contributed by atoms with van der Waals surface area (Å²) in [5.74, 6) is -0.0258. The molecule has 2 heterocycles. The number of hydrogen-bond acceptors (Lipinski definition) is 6. The van der Waals surface area contributed by atoms with Crippen LogP contribution in [0.15, 0.2) is 91.5 Å². The molecule has 232 valence electrons. The topological polar surface area (TPSA) is 134 Å². The molecule has 0 saturated carbocycles. The van der Waals surface area contributed by atoms with Crippen molar-refractivity contribution in [1.82, 2.24) is 25.3 Å². The molecule has 5 N–H and O–H groups in total. The molecular formula is C34H38N8O3. The minimum absolute atomic E-state index is 0.153. The van der Waals surface area contributed by atoms with Crippen molar-refractivity contribution >= 4 is 40.7 Å². The van der Waals surface area contributed by atoms with Crippen LogP contribution in [-0.4, -0.2) is 58.5 Å². The van der Waals surface area contributed by atoms with Gasteiger partial charge in [-0.3, -0.25) is 14.7 Å². The van der Waals surface area contributed by atoms with Gasteiger partial charge in [0.1, 0.15) is 0 Å². The number of fused-ring (bicyclic) bond motifs is 1. The zero-order chi connectivity index (χ0) is 32.1. The second-order valence-corrected chi connectivity index (χ2v) is 11.7. The van der Waals surface area contributed by atoms with Crippen LogP contribution in [0.2, 0.25) is 0 Å². The van der Waals surface area contributed by atoms with Gasteiger partial charge in [0.25, 0.3) is 5.91 Å². The number of anilines is 4. The maximum Gasteiger partial charge on any atom is 0.319 e. The van der Waals surface area contributed by atoms with E-state index in [1.54, 1.807) is 36.4 Å². The van der Waals surface area contributed by atoms with Crippen molar-refractivity contribution < 1.29 is 14.4 Å². The molecule has 45 heavy (non-hydrogen) atoms. The molecule has 1 aliphatic rings. The largest absolute Gasteiger partial charge is 0.338 e. The van der Waals surface area contributed by atoms with Crippen LogP contribution in [0, 0.1) is 0 Å². The molecule has 0 aliphatic carbocycles. The summed E-state index contributed by atoms with van der Waals surface area (Å²) in [5.41, 5.74) is 4.51. The Bertz CT molecular complexity index is 1700. The van der Waals surface area contributed by atoms with Gasteiger partial charge < -0.3 is 31.1 Å². The number of urea groups is 1. The Morgan fingerprint density at radius 2 is 1.69 bits per heavy atom. The number of carbonyl (C=O) groups excluding carboxylic acids is 3. The van der Waals surface area contributed by atoms with E-state index in [1.807, 2.05) is 75.3 Å². The van der Waals surface area contributed by atoms with E-state index in [9.17, 15) is 14.4 Å². The van der Waals surface area contributed by atoms with Crippen molar-refractivity contribution in [3.63, 3.8) is 0 Å². The zero-order valence-corrected chi connectivity index (χ0v) is 25.8. The van der Waals surface area contributed by atoms with Crippen molar-refractivity contribution in [2.45, 2.75) is 32.0 Å². The maximum atomic E-state index is 13.7. The van der Waals surface area contributed by atoms with Crippen LogP contribution >= 0.6 is 0 Å². The van der Waals surface area contributed by atoms with Crippen LogP contribution in [0.1, 0.15) is 47.1 Å². The van der Waals surface area contributed by atoms with E-state index < -0.39 is 5.54 Å². The van der Waals surface area contributed by atoms with Crippen LogP contribution in [0.4, 0.5) is 27.7 Å². The fourth-order valence-corrected chi connectivity index (χ4v) is 5.37. The SMILES string of the molecule is C=CC(=O)Nc1cccc(C(=O)Nc2ccc(Nc3n[nH]c4c3CN(C(=O)NC(CN(C)C)c3ccccc3)C4(C)C)cc2)c1. The van der Waals surface area contributed by atoms with Gasteiger partial charge in [0, 0.05) is 34.7 Å². The molecule has 0 fully saturated rings. The number of amides is 4. The summed E-state index contributed by atoms with van der Waals surface area (Å²) in [5, 5.41) is 19.8. The predicted molar refractivity (Wildman–Crippen MR) is 176 cm³/mol. The third kappa shape index (κ3) is 7.05. The summed E-state index contributed by atoms with van der Waals surface area (Å²) in [4.78, 5) is 42.0. The molecule has 0 radical (unpaired) electrons. The number of rotatable bonds is 10. The second kappa shape index (κ2) is 13.1. The number of nitrogens with zero attached hydrogens (tertiary/aromatic N) is 3. The van der Waals surface area contributed by atoms with Gasteiger partial charge in [0.2, 0.25) is 5.91 Å². The number of aromatic nitrogens is 2. The Morgan fingerprint density at radius 1 is 0.978 bits per heavy atom. The van der Waals surface area contributed by atoms with E-state index >= 15 is 0 Å². The average Bonchev–Trinajstić information content (AvgIpc) is 3.55. The minimum atomic E-state index is -0.606. The number of hydrogen-bond donors (Lipinski definition) is 5. The van der Waals surface area contributed by atoms with Crippen molar-refractivity contribution in [2.24, 2.45) is 0 Å². The fraction of sp³-hybridized carbons (Fsp3) is 0.235. The lowest BCUT2D eigenvalue weighted by atomic mass is 10.0. The molecule has 1 atom stereocenters. The maximum absolute atomic E-state index is 13.7. The molecule has 11 nitrogen and oxygen atoms in total. The van der Waals surface area contributed by atoms with Crippen molar-refractivity contribution in [1.29, 1.82) is 0 Å². The van der Waals surface area contributed by atoms with Crippen LogP contribution in [0.3, 0.4) is 0 Å². The van der Waals surface area contributed by atoms with E-state index in [2.05, 4.69) is 42.9 Å². The average molecular weight is 607 g/mol. The van der Waals surface area contributed by atoms with Crippen LogP contribution in [0.25, 0.3) is 0 Å². The summed E-state index contributed by atoms with van der Waals surface area (Å²) in [6, 6.07) is 23.6. The first kappa shape index (κ1) is 31.0. The lowest BCUT2D eigenvalue weighted by Gasteiger charge is -2.34. The van der Waals surface area contributed by atoms with Crippen molar-refractivity contribution in [2.75, 3.05) is 36.6 Å². The molecule has 3 aromatic carbocycles. The third-order valence-corrected chi connectivity index (χ3v) is 7.75. The second-order valence-electron chi connectivity index (χ2n) is 11.7. The monoisotopic (exact) mass is 606 g/mol. The Kier molecular flexibility index (Phi) is 9.01. The first-order chi connectivity index (χ1) is 21.5. The zero-order valence-electron chi connectivity index (χ0n) is 25.8. The van der Waals surface area contributed by atoms with E-state index in [1.165, 1.54) is 6.08 Å². The van der Waals surface area contributed by atoms with E-state index in [0.29, 0.717) is 35.8 Å². The fourth-order valence-electron chi connectivity index (χ4n) is 5.37. The molecule has 1 aliphatic heterocycles. The lowest BCUT2D eigenvalue weighted by Crippen LogP contribution is -2.48. The number of benzene rings is 3. The number of carbonyl (C=O) groups is 3. The molecule has 11 heteroatoms. The lowest BCUT2D eigenvalue weighted by molar-refractivity contribution is -0.111. The normalized spacial score (nSPS) is 13.9. The molecule has 1 aromatic heterocycles. The summed E-state index contributed by atoms with van der Waals surface area (Å²) >= 11 is 0. The summed E-state index contributed by atoms with van der Waals surface area (Å²) in [7, 11) is 3.98. The molecule has 5 rings (SSSR count). The first-order valence-electron chi connectivity index (χ1n) is 14.6. The van der Waals surface area contributed by atoms with Gasteiger partial charge in [-0.15, -0.1) is 0 Å². The number of H-pyrrole nitrogens is 1. The highest BCUT2D eigenvalue weighted by Crippen LogP contribution is 2.41. The minimum Gasteiger partial charge on any atom is -0.338 e. The Morgan fingerprint density at radius 3 is 2.38 bits per heavy atom. The molecule has 0 spiro atoms. The highest BCUT2D eigenvalue weighted by molar-refractivity contribution is 6.06. The molecule has 1 unspecified atom stereocenters. The molecule has 4 aromatic rings. The molecule has 0 saturated heterocycles. The molecule has 0 bridgehead atoms. The highest BCUT2D eigenvalue weighted by Gasteiger charge is 2.44. The smallest absolute Gasteiger partial charge is 0.319 e. The number of nitrogens with one attached hydrogen (secondary N) is 5. The van der Waals surface area contributed by atoms with Crippen molar-refractivity contribution in [3.05, 3.63) is 114 Å². The molecular weight excluding hydrogens is 568 g/mol. The van der Waals surface area contributed by atoms with Crippen molar-refractivity contribution in [3.8, 4) is 0 Å². The summed E-state index contributed by atoms with van der Waals surface area (Å²) in [6.45, 7) is 8.50. The Hall–Kier alpha value is -5.42. The third-order valence-electron chi connectivity index (χ3n) is 7.75.